The fourth-order valence-corrected chi connectivity index (χ4v) is 5.20. The first-order chi connectivity index (χ1) is 11.7. The predicted molar refractivity (Wildman–Crippen MR) is 89.1 cm³/mol. The average Bonchev–Trinajstić information content (AvgIpc) is 3.10. The van der Waals surface area contributed by atoms with Gasteiger partial charge in [-0.15, -0.1) is 0 Å². The molecule has 0 radical (unpaired) electrons. The summed E-state index contributed by atoms with van der Waals surface area (Å²) in [7, 11) is 0. The van der Waals surface area contributed by atoms with E-state index in [4.69, 9.17) is 9.47 Å². The molecule has 0 N–H and O–H groups in total. The minimum Gasteiger partial charge on any atom is -0.350 e. The molecule has 24 heavy (non-hydrogen) atoms. The highest BCUT2D eigenvalue weighted by atomic mass is 19.1. The summed E-state index contributed by atoms with van der Waals surface area (Å²) in [5.41, 5.74) is 2.15. The van der Waals surface area contributed by atoms with Crippen molar-refractivity contribution in [3.8, 4) is 0 Å². The molecule has 0 bridgehead atoms. The lowest BCUT2D eigenvalue weighted by molar-refractivity contribution is -0.265. The molecule has 3 atom stereocenters. The molecule has 4 heteroatoms. The van der Waals surface area contributed by atoms with Gasteiger partial charge in [-0.05, 0) is 66.8 Å². The lowest BCUT2D eigenvalue weighted by atomic mass is 9.91. The number of fused-ring (bicyclic) bond motifs is 2. The van der Waals surface area contributed by atoms with Gasteiger partial charge >= 0.3 is 0 Å². The van der Waals surface area contributed by atoms with Crippen LogP contribution in [0, 0.1) is 17.7 Å². The van der Waals surface area contributed by atoms with E-state index in [1.165, 1.54) is 11.6 Å². The molecule has 1 aromatic carbocycles. The molecule has 1 aliphatic heterocycles. The molecule has 3 aliphatic rings. The number of nitrogens with zero attached hydrogens (tertiary/aromatic N) is 1. The van der Waals surface area contributed by atoms with Crippen LogP contribution in [0.2, 0.25) is 0 Å². The van der Waals surface area contributed by atoms with E-state index in [2.05, 4.69) is 11.1 Å². The van der Waals surface area contributed by atoms with Crippen LogP contribution >= 0.6 is 0 Å². The summed E-state index contributed by atoms with van der Waals surface area (Å²) in [6.07, 6.45) is 7.20. The third kappa shape index (κ3) is 2.35. The third-order valence-electron chi connectivity index (χ3n) is 6.18. The normalized spacial score (nSPS) is 31.6. The van der Waals surface area contributed by atoms with E-state index < -0.39 is 0 Å². The van der Waals surface area contributed by atoms with Gasteiger partial charge in [-0.3, -0.25) is 4.98 Å². The van der Waals surface area contributed by atoms with E-state index in [1.807, 2.05) is 6.20 Å². The zero-order valence-corrected chi connectivity index (χ0v) is 13.7. The van der Waals surface area contributed by atoms with Crippen molar-refractivity contribution in [2.45, 2.75) is 43.8 Å². The van der Waals surface area contributed by atoms with Gasteiger partial charge in [0.15, 0.2) is 5.79 Å². The zero-order valence-electron chi connectivity index (χ0n) is 13.7. The van der Waals surface area contributed by atoms with Gasteiger partial charge in [0.2, 0.25) is 0 Å². The Hall–Kier alpha value is -1.52. The lowest BCUT2D eigenvalue weighted by Crippen LogP contribution is -2.38. The first kappa shape index (κ1) is 14.8. The van der Waals surface area contributed by atoms with Gasteiger partial charge in [0, 0.05) is 24.4 Å². The molecule has 2 heterocycles. The minimum atomic E-state index is -0.301. The summed E-state index contributed by atoms with van der Waals surface area (Å²) in [6.45, 7) is 1.66. The maximum absolute atomic E-state index is 13.7. The summed E-state index contributed by atoms with van der Waals surface area (Å²) in [4.78, 5) is 4.39. The van der Waals surface area contributed by atoms with Crippen molar-refractivity contribution in [1.29, 1.82) is 0 Å². The Kier molecular flexibility index (Phi) is 3.39. The molecule has 3 fully saturated rings. The molecule has 1 spiro atoms. The van der Waals surface area contributed by atoms with E-state index >= 15 is 0 Å². The fraction of sp³-hybridized carbons (Fsp3) is 0.550. The van der Waals surface area contributed by atoms with E-state index in [-0.39, 0.29) is 11.6 Å². The lowest BCUT2D eigenvalue weighted by Gasteiger charge is -2.35. The van der Waals surface area contributed by atoms with Crippen molar-refractivity contribution >= 4 is 10.9 Å². The van der Waals surface area contributed by atoms with Crippen molar-refractivity contribution in [3.63, 3.8) is 0 Å². The van der Waals surface area contributed by atoms with E-state index in [0.717, 1.165) is 56.2 Å². The van der Waals surface area contributed by atoms with Gasteiger partial charge < -0.3 is 9.47 Å². The Morgan fingerprint density at radius 3 is 2.54 bits per heavy atom. The maximum atomic E-state index is 13.7. The second kappa shape index (κ2) is 5.50. The van der Waals surface area contributed by atoms with Crippen LogP contribution in [0.5, 0.6) is 0 Å². The van der Waals surface area contributed by atoms with Crippen molar-refractivity contribution < 1.29 is 13.9 Å². The van der Waals surface area contributed by atoms with Crippen LogP contribution in [-0.2, 0) is 9.47 Å². The second-order valence-corrected chi connectivity index (χ2v) is 7.62. The van der Waals surface area contributed by atoms with Gasteiger partial charge in [0.25, 0.3) is 0 Å². The number of hydrogen-bond acceptors (Lipinski definition) is 3. The highest BCUT2D eigenvalue weighted by Crippen LogP contribution is 2.56. The van der Waals surface area contributed by atoms with Crippen LogP contribution < -0.4 is 0 Å². The van der Waals surface area contributed by atoms with E-state index in [0.29, 0.717) is 17.8 Å². The Balaban J connectivity index is 1.41. The van der Waals surface area contributed by atoms with Gasteiger partial charge in [0.05, 0.1) is 18.7 Å². The monoisotopic (exact) mass is 327 g/mol. The van der Waals surface area contributed by atoms with Crippen LogP contribution in [0.1, 0.15) is 43.6 Å². The Labute approximate surface area is 141 Å². The first-order valence-corrected chi connectivity index (χ1v) is 9.05. The fourth-order valence-electron chi connectivity index (χ4n) is 5.20. The average molecular weight is 327 g/mol. The SMILES string of the molecule is Fc1ccc2nccc([C@@H]3C[C@@H]4CC5(C[C@@H]4C3)OCCCO5)c2c1. The Morgan fingerprint density at radius 2 is 1.79 bits per heavy atom. The largest absolute Gasteiger partial charge is 0.350 e. The topological polar surface area (TPSA) is 31.4 Å². The van der Waals surface area contributed by atoms with E-state index in [1.54, 1.807) is 12.1 Å². The standard InChI is InChI=1S/C20H22FNO2/c21-16-2-3-19-18(10-16)17(4-5-22-19)13-8-14-11-20(12-15(14)9-13)23-6-1-7-24-20/h2-5,10,13-15H,1,6-9,11-12H2/t13-,14-,15+. The smallest absolute Gasteiger partial charge is 0.168 e. The maximum Gasteiger partial charge on any atom is 0.168 e. The van der Waals surface area contributed by atoms with Gasteiger partial charge in [-0.1, -0.05) is 0 Å². The quantitative estimate of drug-likeness (QED) is 0.777. The molecule has 2 saturated carbocycles. The third-order valence-corrected chi connectivity index (χ3v) is 6.18. The Morgan fingerprint density at radius 1 is 1.04 bits per heavy atom. The van der Waals surface area contributed by atoms with Crippen LogP contribution in [0.15, 0.2) is 30.5 Å². The van der Waals surface area contributed by atoms with E-state index in [9.17, 15) is 4.39 Å². The van der Waals surface area contributed by atoms with Crippen molar-refractivity contribution in [1.82, 2.24) is 4.98 Å². The van der Waals surface area contributed by atoms with Crippen LogP contribution in [0.25, 0.3) is 10.9 Å². The number of halogens is 1. The first-order valence-electron chi connectivity index (χ1n) is 9.05. The van der Waals surface area contributed by atoms with Crippen molar-refractivity contribution in [2.75, 3.05) is 13.2 Å². The zero-order chi connectivity index (χ0) is 16.1. The molecule has 2 aliphatic carbocycles. The summed E-state index contributed by atoms with van der Waals surface area (Å²) in [5.74, 6) is 1.33. The number of ether oxygens (including phenoxy) is 2. The van der Waals surface area contributed by atoms with Crippen LogP contribution in [0.3, 0.4) is 0 Å². The number of benzene rings is 1. The predicted octanol–water partition coefficient (Wildman–Crippen LogP) is 4.41. The Bertz CT molecular complexity index is 755. The molecule has 5 rings (SSSR count). The highest BCUT2D eigenvalue weighted by molar-refractivity contribution is 5.82. The van der Waals surface area contributed by atoms with Crippen LogP contribution in [-0.4, -0.2) is 24.0 Å². The van der Waals surface area contributed by atoms with Crippen molar-refractivity contribution in [3.05, 3.63) is 41.8 Å². The molecule has 1 aromatic heterocycles. The minimum absolute atomic E-state index is 0.183. The van der Waals surface area contributed by atoms with Crippen molar-refractivity contribution in [2.24, 2.45) is 11.8 Å². The molecule has 1 saturated heterocycles. The molecule has 3 nitrogen and oxygen atoms in total. The molecular formula is C20H22FNO2. The number of pyridine rings is 1. The summed E-state index contributed by atoms with van der Waals surface area (Å²) >= 11 is 0. The molecule has 0 unspecified atom stereocenters. The summed E-state index contributed by atoms with van der Waals surface area (Å²) in [6, 6.07) is 6.99. The molecule has 2 aromatic rings. The highest BCUT2D eigenvalue weighted by Gasteiger charge is 2.52. The number of rotatable bonds is 1. The van der Waals surface area contributed by atoms with Gasteiger partial charge in [-0.25, -0.2) is 4.39 Å². The summed E-state index contributed by atoms with van der Waals surface area (Å²) in [5, 5.41) is 0.974. The molecule has 126 valence electrons. The van der Waals surface area contributed by atoms with Gasteiger partial charge in [-0.2, -0.15) is 0 Å². The van der Waals surface area contributed by atoms with Gasteiger partial charge in [0.1, 0.15) is 5.82 Å². The van der Waals surface area contributed by atoms with Crippen LogP contribution in [0.4, 0.5) is 4.39 Å². The molecule has 0 amide bonds. The number of hydrogen-bond donors (Lipinski definition) is 0. The summed E-state index contributed by atoms with van der Waals surface area (Å²) < 4.78 is 25.7. The second-order valence-electron chi connectivity index (χ2n) is 7.62. The number of aromatic nitrogens is 1. The molecular weight excluding hydrogens is 305 g/mol.